The smallest absolute Gasteiger partial charge is 0.283 e. The maximum atomic E-state index is 12.6. The summed E-state index contributed by atoms with van der Waals surface area (Å²) >= 11 is 6.36. The number of thioether (sulfide) groups is 1. The highest BCUT2D eigenvalue weighted by Gasteiger charge is 2.32. The maximum absolute atomic E-state index is 12.6. The number of rotatable bonds is 7. The Labute approximate surface area is 182 Å². The van der Waals surface area contributed by atoms with Crippen LogP contribution < -0.4 is 5.32 Å². The average molecular weight is 440 g/mol. The van der Waals surface area contributed by atoms with Gasteiger partial charge in [-0.15, -0.1) is 18.3 Å². The van der Waals surface area contributed by atoms with Crippen LogP contribution in [-0.2, 0) is 15.3 Å². The lowest BCUT2D eigenvalue weighted by atomic mass is 10.1. The van der Waals surface area contributed by atoms with Crippen molar-refractivity contribution in [2.75, 3.05) is 6.54 Å². The Kier molecular flexibility index (Phi) is 6.76. The lowest BCUT2D eigenvalue weighted by Gasteiger charge is -2.27. The van der Waals surface area contributed by atoms with Crippen molar-refractivity contribution in [3.63, 3.8) is 0 Å². The lowest BCUT2D eigenvalue weighted by molar-refractivity contribution is -0.387. The van der Waals surface area contributed by atoms with E-state index >= 15 is 0 Å². The number of nitro groups is 1. The van der Waals surface area contributed by atoms with Crippen molar-refractivity contribution < 1.29 is 14.5 Å². The molecule has 0 unspecified atom stereocenters. The Morgan fingerprint density at radius 2 is 1.93 bits per heavy atom. The van der Waals surface area contributed by atoms with Crippen molar-refractivity contribution in [1.82, 2.24) is 10.2 Å². The van der Waals surface area contributed by atoms with Crippen LogP contribution in [0.4, 0.5) is 5.69 Å². The summed E-state index contributed by atoms with van der Waals surface area (Å²) in [5, 5.41) is 14.0. The molecule has 0 radical (unpaired) electrons. The number of amides is 2. The van der Waals surface area contributed by atoms with Gasteiger partial charge in [-0.2, -0.15) is 0 Å². The molecule has 7 nitrogen and oxygen atoms in total. The predicted octanol–water partition coefficient (Wildman–Crippen LogP) is 3.70. The molecule has 1 heterocycles. The number of hydrogen-bond donors (Lipinski definition) is 1. The summed E-state index contributed by atoms with van der Waals surface area (Å²) in [6.07, 6.45) is 2.82. The van der Waals surface area contributed by atoms with Gasteiger partial charge in [-0.05, 0) is 35.5 Å². The number of nitro benzene ring substituents is 1. The molecule has 3 rings (SSSR count). The van der Waals surface area contributed by atoms with Crippen LogP contribution >= 0.6 is 24.0 Å². The van der Waals surface area contributed by atoms with Crippen molar-refractivity contribution in [1.29, 1.82) is 0 Å². The molecule has 1 N–H and O–H groups in total. The Balaban J connectivity index is 1.89. The minimum Gasteiger partial charge on any atom is -0.298 e. The summed E-state index contributed by atoms with van der Waals surface area (Å²) < 4.78 is 0. The van der Waals surface area contributed by atoms with E-state index in [0.717, 1.165) is 5.56 Å². The van der Waals surface area contributed by atoms with Crippen LogP contribution in [0.1, 0.15) is 11.1 Å². The Morgan fingerprint density at radius 3 is 2.60 bits per heavy atom. The average Bonchev–Trinajstić information content (AvgIpc) is 2.73. The van der Waals surface area contributed by atoms with Crippen molar-refractivity contribution in [2.24, 2.45) is 0 Å². The first kappa shape index (κ1) is 21.4. The zero-order valence-corrected chi connectivity index (χ0v) is 17.4. The summed E-state index contributed by atoms with van der Waals surface area (Å²) in [5.74, 6) is -0.638. The summed E-state index contributed by atoms with van der Waals surface area (Å²) in [6.45, 7) is 3.71. The van der Waals surface area contributed by atoms with Crippen LogP contribution in [0.15, 0.2) is 71.7 Å². The van der Waals surface area contributed by atoms with Crippen molar-refractivity contribution in [2.45, 2.75) is 10.6 Å². The van der Waals surface area contributed by atoms with Gasteiger partial charge in [-0.3, -0.25) is 29.9 Å². The molecule has 1 fully saturated rings. The fourth-order valence-electron chi connectivity index (χ4n) is 2.78. The molecule has 2 aromatic rings. The Morgan fingerprint density at radius 1 is 1.20 bits per heavy atom. The van der Waals surface area contributed by atoms with Crippen LogP contribution in [0.3, 0.4) is 0 Å². The zero-order valence-electron chi connectivity index (χ0n) is 15.7. The number of carbonyl (C=O) groups excluding carboxylic acids is 2. The molecule has 0 spiro atoms. The SMILES string of the molecule is C=CCN1C(=O)C(=Cc2ccc(SCc3ccccc3)c([N+](=O)[O-])c2)C(=O)NC1=S. The topological polar surface area (TPSA) is 92.6 Å². The molecular formula is C21H17N3O4S2. The minimum absolute atomic E-state index is 0.000639. The standard InChI is InChI=1S/C21H17N3O4S2/c1-2-10-23-20(26)16(19(25)22-21(23)29)11-15-8-9-18(17(12-15)24(27)28)30-13-14-6-4-3-5-7-14/h2-9,11-12H,1,10,13H2,(H,22,25,29). The summed E-state index contributed by atoms with van der Waals surface area (Å²) in [7, 11) is 0. The number of nitrogens with one attached hydrogen (secondary N) is 1. The molecule has 0 saturated carbocycles. The van der Waals surface area contributed by atoms with E-state index in [-0.39, 0.29) is 22.9 Å². The molecule has 1 aliphatic heterocycles. The van der Waals surface area contributed by atoms with Gasteiger partial charge in [0.25, 0.3) is 17.5 Å². The highest BCUT2D eigenvalue weighted by molar-refractivity contribution is 7.98. The van der Waals surface area contributed by atoms with E-state index in [1.165, 1.54) is 34.9 Å². The van der Waals surface area contributed by atoms with E-state index in [9.17, 15) is 19.7 Å². The first-order chi connectivity index (χ1) is 14.4. The van der Waals surface area contributed by atoms with E-state index in [1.807, 2.05) is 30.3 Å². The molecular weight excluding hydrogens is 422 g/mol. The molecule has 0 bridgehead atoms. The van der Waals surface area contributed by atoms with Gasteiger partial charge in [-0.25, -0.2) is 0 Å². The normalized spacial score (nSPS) is 15.3. The lowest BCUT2D eigenvalue weighted by Crippen LogP contribution is -2.53. The van der Waals surface area contributed by atoms with Crippen molar-refractivity contribution in [3.8, 4) is 0 Å². The van der Waals surface area contributed by atoms with E-state index in [4.69, 9.17) is 12.2 Å². The van der Waals surface area contributed by atoms with E-state index in [0.29, 0.717) is 16.2 Å². The largest absolute Gasteiger partial charge is 0.298 e. The van der Waals surface area contributed by atoms with Crippen LogP contribution in [-0.4, -0.2) is 33.3 Å². The number of thiocarbonyl (C=S) groups is 1. The molecule has 0 aromatic heterocycles. The van der Waals surface area contributed by atoms with Crippen molar-refractivity contribution >= 4 is 52.7 Å². The molecule has 1 saturated heterocycles. The van der Waals surface area contributed by atoms with Gasteiger partial charge in [0.2, 0.25) is 0 Å². The number of carbonyl (C=O) groups is 2. The summed E-state index contributed by atoms with van der Waals surface area (Å²) in [5.41, 5.74) is 1.18. The molecule has 9 heteroatoms. The third kappa shape index (κ3) is 4.81. The zero-order chi connectivity index (χ0) is 21.7. The third-order valence-electron chi connectivity index (χ3n) is 4.23. The Hall–Kier alpha value is -3.30. The van der Waals surface area contributed by atoms with Gasteiger partial charge in [0.05, 0.1) is 9.82 Å². The van der Waals surface area contributed by atoms with Gasteiger partial charge < -0.3 is 0 Å². The van der Waals surface area contributed by atoms with Gasteiger partial charge in [0, 0.05) is 18.4 Å². The van der Waals surface area contributed by atoms with Gasteiger partial charge in [0.15, 0.2) is 5.11 Å². The highest BCUT2D eigenvalue weighted by atomic mass is 32.2. The van der Waals surface area contributed by atoms with E-state index in [1.54, 1.807) is 12.1 Å². The predicted molar refractivity (Wildman–Crippen MR) is 120 cm³/mol. The van der Waals surface area contributed by atoms with Crippen molar-refractivity contribution in [3.05, 3.63) is 88.0 Å². The van der Waals surface area contributed by atoms with E-state index < -0.39 is 16.7 Å². The minimum atomic E-state index is -0.643. The number of nitrogens with zero attached hydrogens (tertiary/aromatic N) is 2. The third-order valence-corrected chi connectivity index (χ3v) is 5.68. The molecule has 0 aliphatic carbocycles. The molecule has 152 valence electrons. The maximum Gasteiger partial charge on any atom is 0.283 e. The second kappa shape index (κ2) is 9.47. The second-order valence-corrected chi connectivity index (χ2v) is 7.68. The number of benzene rings is 2. The summed E-state index contributed by atoms with van der Waals surface area (Å²) in [4.78, 5) is 37.6. The first-order valence-electron chi connectivity index (χ1n) is 8.85. The number of hydrogen-bond acceptors (Lipinski definition) is 6. The summed E-state index contributed by atoms with van der Waals surface area (Å²) in [6, 6.07) is 14.2. The molecule has 1 aliphatic rings. The van der Waals surface area contributed by atoms with Crippen LogP contribution in [0, 0.1) is 10.1 Å². The molecule has 2 aromatic carbocycles. The highest BCUT2D eigenvalue weighted by Crippen LogP contribution is 2.33. The second-order valence-electron chi connectivity index (χ2n) is 6.28. The molecule has 30 heavy (non-hydrogen) atoms. The van der Waals surface area contributed by atoms with Gasteiger partial charge >= 0.3 is 0 Å². The van der Waals surface area contributed by atoms with E-state index in [2.05, 4.69) is 11.9 Å². The quantitative estimate of drug-likeness (QED) is 0.135. The fourth-order valence-corrected chi connectivity index (χ4v) is 3.99. The monoisotopic (exact) mass is 439 g/mol. The fraction of sp³-hybridized carbons (Fsp3) is 0.0952. The van der Waals surface area contributed by atoms with Crippen LogP contribution in [0.2, 0.25) is 0 Å². The van der Waals surface area contributed by atoms with Gasteiger partial charge in [-0.1, -0.05) is 42.5 Å². The van der Waals surface area contributed by atoms with Crippen LogP contribution in [0.25, 0.3) is 6.08 Å². The molecule has 0 atom stereocenters. The Bertz CT molecular complexity index is 1070. The van der Waals surface area contributed by atoms with Gasteiger partial charge in [0.1, 0.15) is 5.57 Å². The molecule has 2 amide bonds. The first-order valence-corrected chi connectivity index (χ1v) is 10.2. The van der Waals surface area contributed by atoms with Crippen LogP contribution in [0.5, 0.6) is 0 Å².